The summed E-state index contributed by atoms with van der Waals surface area (Å²) in [6.07, 6.45) is 1.76. The molecule has 0 saturated heterocycles. The lowest BCUT2D eigenvalue weighted by molar-refractivity contribution is 0.0527. The molecule has 0 rings (SSSR count). The lowest BCUT2D eigenvalue weighted by atomic mass is 10.2. The number of hydrogen-bond acceptors (Lipinski definition) is 2. The van der Waals surface area contributed by atoms with Crippen molar-refractivity contribution in [1.82, 2.24) is 5.32 Å². The van der Waals surface area contributed by atoms with Crippen molar-refractivity contribution in [2.45, 2.75) is 46.1 Å². The van der Waals surface area contributed by atoms with Gasteiger partial charge in [-0.25, -0.2) is 4.79 Å². The van der Waals surface area contributed by atoms with E-state index < -0.39 is 5.60 Å². The number of ether oxygens (including phenoxy) is 1. The van der Waals surface area contributed by atoms with Gasteiger partial charge in [0.2, 0.25) is 0 Å². The minimum atomic E-state index is -0.393. The van der Waals surface area contributed by atoms with Gasteiger partial charge in [-0.3, -0.25) is 4.91 Å². The Hall–Kier alpha value is -1.42. The van der Waals surface area contributed by atoms with Crippen molar-refractivity contribution in [3.8, 4) is 0 Å². The summed E-state index contributed by atoms with van der Waals surface area (Å²) < 4.78 is 5.03. The van der Waals surface area contributed by atoms with Gasteiger partial charge in [-0.05, 0) is 27.2 Å². The van der Waals surface area contributed by atoms with E-state index in [-0.39, 0.29) is 6.09 Å². The molecule has 0 aliphatic rings. The Morgan fingerprint density at radius 3 is 2.20 bits per heavy atom. The van der Waals surface area contributed by atoms with E-state index in [0.29, 0.717) is 6.54 Å². The predicted octanol–water partition coefficient (Wildman–Crippen LogP) is 3.18. The van der Waals surface area contributed by atoms with Gasteiger partial charge in [0, 0.05) is 6.54 Å². The molecule has 0 radical (unpaired) electrons. The normalized spacial score (nSPS) is 9.33. The first kappa shape index (κ1) is 16.0. The second-order valence-corrected chi connectivity index (χ2v) is 3.87. The Morgan fingerprint density at radius 1 is 1.40 bits per heavy atom. The van der Waals surface area contributed by atoms with E-state index in [0.717, 1.165) is 12.8 Å². The highest BCUT2D eigenvalue weighted by atomic mass is 16.6. The zero-order valence-corrected chi connectivity index (χ0v) is 9.78. The van der Waals surface area contributed by atoms with Crippen LogP contribution >= 0.6 is 0 Å². The van der Waals surface area contributed by atoms with Crippen molar-refractivity contribution >= 4 is 6.09 Å². The summed E-state index contributed by atoms with van der Waals surface area (Å²) in [6.45, 7) is 8.34. The van der Waals surface area contributed by atoms with Crippen LogP contribution in [0.4, 0.5) is 4.79 Å². The number of hydrogen-bond donors (Lipinski definition) is 1. The Morgan fingerprint density at radius 2 is 1.87 bits per heavy atom. The number of unbranched alkanes of at least 4 members (excludes halogenated alkanes) is 1. The first-order chi connectivity index (χ1) is 6.87. The molecule has 6 heteroatoms. The Balaban J connectivity index is 0. The van der Waals surface area contributed by atoms with E-state index in [9.17, 15) is 4.79 Å². The maximum Gasteiger partial charge on any atom is 0.407 e. The molecule has 0 fully saturated rings. The average Bonchev–Trinajstić information content (AvgIpc) is 2.02. The number of rotatable bonds is 3. The predicted molar refractivity (Wildman–Crippen MR) is 59.2 cm³/mol. The zero-order chi connectivity index (χ0) is 12.3. The van der Waals surface area contributed by atoms with Crippen LogP contribution in [0.2, 0.25) is 0 Å². The van der Waals surface area contributed by atoms with E-state index in [1.165, 1.54) is 4.91 Å². The summed E-state index contributed by atoms with van der Waals surface area (Å²) in [5.74, 6) is 0. The van der Waals surface area contributed by atoms with Crippen molar-refractivity contribution in [3.05, 3.63) is 16.0 Å². The molecule has 0 aliphatic carbocycles. The van der Waals surface area contributed by atoms with Crippen LogP contribution in [-0.2, 0) is 4.74 Å². The molecule has 0 bridgehead atoms. The number of carbonyl (C=O) groups excluding carboxylic acids is 1. The first-order valence-corrected chi connectivity index (χ1v) is 4.82. The minimum absolute atomic E-state index is 0.323. The van der Waals surface area contributed by atoms with Crippen LogP contribution in [0.25, 0.3) is 16.0 Å². The Labute approximate surface area is 90.4 Å². The Kier molecular flexibility index (Phi) is 9.77. The number of nitrogens with one attached hydrogen (secondary N) is 1. The highest BCUT2D eigenvalue weighted by Gasteiger charge is 2.14. The zero-order valence-electron chi connectivity index (χ0n) is 9.78. The van der Waals surface area contributed by atoms with Crippen molar-refractivity contribution in [2.24, 2.45) is 0 Å². The molecule has 0 aromatic rings. The molecule has 0 aromatic carbocycles. The number of nitrogens with zero attached hydrogens (tertiary/aromatic N) is 3. The van der Waals surface area contributed by atoms with Crippen LogP contribution in [-0.4, -0.2) is 18.2 Å². The molecule has 0 spiro atoms. The molecule has 1 N–H and O–H groups in total. The fourth-order valence-corrected chi connectivity index (χ4v) is 0.681. The van der Waals surface area contributed by atoms with Crippen LogP contribution in [0.3, 0.4) is 0 Å². The smallest absolute Gasteiger partial charge is 0.407 e. The van der Waals surface area contributed by atoms with Crippen molar-refractivity contribution < 1.29 is 9.53 Å². The molecular weight excluding hydrogens is 196 g/mol. The third-order valence-electron chi connectivity index (χ3n) is 1.20. The Bertz CT molecular complexity index is 205. The monoisotopic (exact) mass is 215 g/mol. The average molecular weight is 215 g/mol. The molecule has 6 nitrogen and oxygen atoms in total. The molecule has 0 heterocycles. The molecule has 0 saturated carbocycles. The van der Waals surface area contributed by atoms with Crippen molar-refractivity contribution in [1.29, 1.82) is 0 Å². The second-order valence-electron chi connectivity index (χ2n) is 3.87. The van der Waals surface area contributed by atoms with Crippen LogP contribution in [0, 0.1) is 0 Å². The van der Waals surface area contributed by atoms with E-state index in [1.54, 1.807) is 0 Å². The summed E-state index contributed by atoms with van der Waals surface area (Å²) >= 11 is 0. The number of alkyl carbamates (subject to hydrolysis) is 1. The summed E-state index contributed by atoms with van der Waals surface area (Å²) in [5.41, 5.74) is 13.1. The summed E-state index contributed by atoms with van der Waals surface area (Å²) in [4.78, 5) is 12.5. The molecule has 15 heavy (non-hydrogen) atoms. The van der Waals surface area contributed by atoms with E-state index in [2.05, 4.69) is 12.2 Å². The van der Waals surface area contributed by atoms with Crippen LogP contribution in [0.5, 0.6) is 0 Å². The van der Waals surface area contributed by atoms with Gasteiger partial charge < -0.3 is 21.1 Å². The van der Waals surface area contributed by atoms with Crippen molar-refractivity contribution in [3.63, 3.8) is 0 Å². The second kappa shape index (κ2) is 9.15. The summed E-state index contributed by atoms with van der Waals surface area (Å²) in [6, 6.07) is 0. The van der Waals surface area contributed by atoms with Crippen LogP contribution in [0.1, 0.15) is 40.5 Å². The summed E-state index contributed by atoms with van der Waals surface area (Å²) in [7, 11) is 0. The maximum absolute atomic E-state index is 11.0. The molecule has 0 aromatic heterocycles. The maximum atomic E-state index is 11.0. The third-order valence-corrected chi connectivity index (χ3v) is 1.20. The van der Waals surface area contributed by atoms with Gasteiger partial charge in [-0.15, -0.1) is 0 Å². The summed E-state index contributed by atoms with van der Waals surface area (Å²) in [5, 5.41) is 2.68. The fourth-order valence-electron chi connectivity index (χ4n) is 0.681. The van der Waals surface area contributed by atoms with Crippen LogP contribution in [0.15, 0.2) is 0 Å². The molecule has 0 aliphatic heterocycles. The molecular formula is C9H19N4O2-. The quantitative estimate of drug-likeness (QED) is 0.338. The molecule has 88 valence electrons. The van der Waals surface area contributed by atoms with Gasteiger partial charge in [0.25, 0.3) is 0 Å². The SMILES string of the molecule is CCCCNC(=O)OC(C)(C)C.[N-]=[N+]=[N-]. The first-order valence-electron chi connectivity index (χ1n) is 4.82. The van der Waals surface area contributed by atoms with Gasteiger partial charge in [0.05, 0.1) is 0 Å². The standard InChI is InChI=1S/C9H19NO2.N3/c1-5-6-7-10-8(11)12-9(2,3)4;1-3-2/h5-7H2,1-4H3,(H,10,11);/q;-1. The van der Waals surface area contributed by atoms with Gasteiger partial charge >= 0.3 is 6.09 Å². The lowest BCUT2D eigenvalue weighted by Gasteiger charge is -2.19. The largest absolute Gasteiger partial charge is 0.444 e. The fraction of sp³-hybridized carbons (Fsp3) is 0.889. The van der Waals surface area contributed by atoms with Crippen LogP contribution < -0.4 is 5.32 Å². The van der Waals surface area contributed by atoms with E-state index in [1.807, 2.05) is 20.8 Å². The van der Waals surface area contributed by atoms with Gasteiger partial charge in [-0.2, -0.15) is 0 Å². The number of amides is 1. The molecule has 0 unspecified atom stereocenters. The minimum Gasteiger partial charge on any atom is -0.444 e. The van der Waals surface area contributed by atoms with Gasteiger partial charge in [0.1, 0.15) is 5.60 Å². The van der Waals surface area contributed by atoms with Gasteiger partial charge in [0.15, 0.2) is 0 Å². The highest BCUT2D eigenvalue weighted by molar-refractivity contribution is 5.67. The van der Waals surface area contributed by atoms with Gasteiger partial charge in [-0.1, -0.05) is 13.3 Å². The lowest BCUT2D eigenvalue weighted by Crippen LogP contribution is -2.32. The highest BCUT2D eigenvalue weighted by Crippen LogP contribution is 2.06. The van der Waals surface area contributed by atoms with Crippen molar-refractivity contribution in [2.75, 3.05) is 6.54 Å². The molecule has 0 atom stereocenters. The topological polar surface area (TPSA) is 97.0 Å². The van der Waals surface area contributed by atoms with E-state index >= 15 is 0 Å². The number of carbonyl (C=O) groups is 1. The third kappa shape index (κ3) is 19.1. The molecule has 1 amide bonds. The van der Waals surface area contributed by atoms with E-state index in [4.69, 9.17) is 15.8 Å².